The van der Waals surface area contributed by atoms with Crippen LogP contribution in [0.5, 0.6) is 0 Å². The highest BCUT2D eigenvalue weighted by molar-refractivity contribution is 5.91. The van der Waals surface area contributed by atoms with Gasteiger partial charge in [-0.05, 0) is 74.7 Å². The van der Waals surface area contributed by atoms with Crippen LogP contribution in [0.2, 0.25) is 0 Å². The SMILES string of the molecule is COC(=O)C1(O)CCC2C3CCC4=CC(=O)CCC4C3CCC21. The van der Waals surface area contributed by atoms with Crippen molar-refractivity contribution in [2.75, 3.05) is 7.11 Å². The Bertz CT molecular complexity index is 566. The van der Waals surface area contributed by atoms with E-state index in [2.05, 4.69) is 0 Å². The zero-order valence-corrected chi connectivity index (χ0v) is 13.8. The van der Waals surface area contributed by atoms with E-state index in [0.717, 1.165) is 38.5 Å². The number of ether oxygens (including phenoxy) is 1. The van der Waals surface area contributed by atoms with Crippen molar-refractivity contribution in [3.8, 4) is 0 Å². The lowest BCUT2D eigenvalue weighted by atomic mass is 9.55. The molecule has 3 fully saturated rings. The van der Waals surface area contributed by atoms with E-state index in [4.69, 9.17) is 4.74 Å². The fraction of sp³-hybridized carbons (Fsp3) is 0.789. The molecule has 4 nitrogen and oxygen atoms in total. The highest BCUT2D eigenvalue weighted by Gasteiger charge is 2.58. The van der Waals surface area contributed by atoms with Crippen LogP contribution in [0.3, 0.4) is 0 Å². The van der Waals surface area contributed by atoms with E-state index in [1.807, 2.05) is 6.08 Å². The number of allylic oxidation sites excluding steroid dienone is 1. The zero-order valence-electron chi connectivity index (χ0n) is 13.8. The van der Waals surface area contributed by atoms with Crippen molar-refractivity contribution in [3.63, 3.8) is 0 Å². The number of carbonyl (C=O) groups is 2. The average Bonchev–Trinajstić information content (AvgIpc) is 2.92. The molecule has 0 amide bonds. The van der Waals surface area contributed by atoms with Gasteiger partial charge in [0.25, 0.3) is 0 Å². The van der Waals surface area contributed by atoms with Gasteiger partial charge in [0.2, 0.25) is 0 Å². The molecule has 0 saturated heterocycles. The van der Waals surface area contributed by atoms with Crippen molar-refractivity contribution in [1.82, 2.24) is 0 Å². The van der Waals surface area contributed by atoms with Gasteiger partial charge in [-0.15, -0.1) is 0 Å². The molecule has 1 N–H and O–H groups in total. The third-order valence-corrected chi connectivity index (χ3v) is 7.25. The predicted molar refractivity (Wildman–Crippen MR) is 84.4 cm³/mol. The van der Waals surface area contributed by atoms with E-state index in [9.17, 15) is 14.7 Å². The molecule has 0 radical (unpaired) electrons. The summed E-state index contributed by atoms with van der Waals surface area (Å²) in [7, 11) is 1.37. The van der Waals surface area contributed by atoms with Crippen LogP contribution in [0.15, 0.2) is 11.6 Å². The molecule has 126 valence electrons. The number of esters is 1. The van der Waals surface area contributed by atoms with Crippen LogP contribution in [0.4, 0.5) is 0 Å². The van der Waals surface area contributed by atoms with Crippen LogP contribution in [-0.2, 0) is 14.3 Å². The summed E-state index contributed by atoms with van der Waals surface area (Å²) in [5.74, 6) is 2.17. The molecular weight excluding hydrogens is 292 g/mol. The highest BCUT2D eigenvalue weighted by atomic mass is 16.5. The van der Waals surface area contributed by atoms with Crippen LogP contribution in [0, 0.1) is 29.6 Å². The van der Waals surface area contributed by atoms with Gasteiger partial charge in [-0.2, -0.15) is 0 Å². The molecule has 4 heteroatoms. The standard InChI is InChI=1S/C19H26O4/c1-23-18(21)19(22)9-8-16-15-4-2-11-10-12(20)3-5-13(11)14(15)6-7-17(16)19/h10,13-17,22H,2-9H2,1H3. The molecule has 0 aromatic carbocycles. The van der Waals surface area contributed by atoms with Gasteiger partial charge in [-0.3, -0.25) is 4.79 Å². The molecule has 0 aliphatic heterocycles. The van der Waals surface area contributed by atoms with Crippen molar-refractivity contribution in [3.05, 3.63) is 11.6 Å². The Balaban J connectivity index is 1.58. The summed E-state index contributed by atoms with van der Waals surface area (Å²) in [4.78, 5) is 23.8. The first-order valence-electron chi connectivity index (χ1n) is 9.08. The van der Waals surface area contributed by atoms with E-state index in [0.29, 0.717) is 42.3 Å². The summed E-state index contributed by atoms with van der Waals surface area (Å²) in [6.07, 6.45) is 9.21. The molecule has 0 heterocycles. The fourth-order valence-electron chi connectivity index (χ4n) is 6.30. The molecule has 0 spiro atoms. The first-order valence-corrected chi connectivity index (χ1v) is 9.08. The number of carbonyl (C=O) groups excluding carboxylic acids is 2. The van der Waals surface area contributed by atoms with Crippen molar-refractivity contribution in [2.24, 2.45) is 29.6 Å². The molecule has 4 rings (SSSR count). The summed E-state index contributed by atoms with van der Waals surface area (Å²) >= 11 is 0. The largest absolute Gasteiger partial charge is 0.467 e. The minimum atomic E-state index is -1.26. The van der Waals surface area contributed by atoms with E-state index in [1.165, 1.54) is 12.7 Å². The quantitative estimate of drug-likeness (QED) is 0.755. The Morgan fingerprint density at radius 2 is 1.96 bits per heavy atom. The van der Waals surface area contributed by atoms with Gasteiger partial charge in [-0.1, -0.05) is 5.57 Å². The Hall–Kier alpha value is -1.16. The van der Waals surface area contributed by atoms with Crippen molar-refractivity contribution in [1.29, 1.82) is 0 Å². The summed E-state index contributed by atoms with van der Waals surface area (Å²) in [6.45, 7) is 0. The molecule has 0 bridgehead atoms. The van der Waals surface area contributed by atoms with E-state index in [-0.39, 0.29) is 5.92 Å². The van der Waals surface area contributed by atoms with Gasteiger partial charge < -0.3 is 9.84 Å². The summed E-state index contributed by atoms with van der Waals surface area (Å²) in [5.41, 5.74) is 0.116. The average molecular weight is 318 g/mol. The van der Waals surface area contributed by atoms with Gasteiger partial charge in [0, 0.05) is 12.3 Å². The number of hydrogen-bond donors (Lipinski definition) is 1. The first kappa shape index (κ1) is 15.4. The number of aliphatic hydroxyl groups is 1. The van der Waals surface area contributed by atoms with Crippen LogP contribution in [-0.4, -0.2) is 29.6 Å². The third-order valence-electron chi connectivity index (χ3n) is 7.25. The molecular formula is C19H26O4. The van der Waals surface area contributed by atoms with Crippen LogP contribution >= 0.6 is 0 Å². The van der Waals surface area contributed by atoms with E-state index >= 15 is 0 Å². The Kier molecular flexibility index (Phi) is 3.63. The molecule has 6 atom stereocenters. The zero-order chi connectivity index (χ0) is 16.2. The van der Waals surface area contributed by atoms with Crippen LogP contribution in [0.25, 0.3) is 0 Å². The first-order chi connectivity index (χ1) is 11.0. The normalized spacial score (nSPS) is 45.6. The molecule has 4 aliphatic carbocycles. The van der Waals surface area contributed by atoms with Crippen molar-refractivity contribution in [2.45, 2.75) is 57.0 Å². The lowest BCUT2D eigenvalue weighted by molar-refractivity contribution is -0.170. The second-order valence-corrected chi connectivity index (χ2v) is 8.00. The number of methoxy groups -OCH3 is 1. The summed E-state index contributed by atoms with van der Waals surface area (Å²) in [6, 6.07) is 0. The molecule has 3 saturated carbocycles. The van der Waals surface area contributed by atoms with Crippen LogP contribution < -0.4 is 0 Å². The third kappa shape index (κ3) is 2.21. The topological polar surface area (TPSA) is 63.6 Å². The molecule has 6 unspecified atom stereocenters. The fourth-order valence-corrected chi connectivity index (χ4v) is 6.30. The Labute approximate surface area is 137 Å². The number of hydrogen-bond acceptors (Lipinski definition) is 4. The maximum atomic E-state index is 12.1. The maximum absolute atomic E-state index is 12.1. The highest BCUT2D eigenvalue weighted by Crippen LogP contribution is 2.59. The monoisotopic (exact) mass is 318 g/mol. The van der Waals surface area contributed by atoms with E-state index < -0.39 is 11.6 Å². The molecule has 23 heavy (non-hydrogen) atoms. The number of ketones is 1. The van der Waals surface area contributed by atoms with Gasteiger partial charge in [-0.25, -0.2) is 4.79 Å². The number of fused-ring (bicyclic) bond motifs is 5. The lowest BCUT2D eigenvalue weighted by Crippen LogP contribution is -2.49. The second-order valence-electron chi connectivity index (χ2n) is 8.00. The minimum Gasteiger partial charge on any atom is -0.467 e. The Morgan fingerprint density at radius 1 is 1.13 bits per heavy atom. The number of rotatable bonds is 1. The Morgan fingerprint density at radius 3 is 2.74 bits per heavy atom. The minimum absolute atomic E-state index is 0.0620. The lowest BCUT2D eigenvalue weighted by Gasteiger charge is -2.50. The van der Waals surface area contributed by atoms with Crippen LogP contribution in [0.1, 0.15) is 51.4 Å². The van der Waals surface area contributed by atoms with Crippen molar-refractivity contribution >= 4 is 11.8 Å². The molecule has 4 aliphatic rings. The van der Waals surface area contributed by atoms with Gasteiger partial charge in [0.1, 0.15) is 0 Å². The van der Waals surface area contributed by atoms with Gasteiger partial charge in [0.05, 0.1) is 7.11 Å². The molecule has 0 aromatic heterocycles. The van der Waals surface area contributed by atoms with Crippen molar-refractivity contribution < 1.29 is 19.4 Å². The second kappa shape index (κ2) is 5.44. The van der Waals surface area contributed by atoms with Gasteiger partial charge in [0.15, 0.2) is 11.4 Å². The molecule has 0 aromatic rings. The summed E-state index contributed by atoms with van der Waals surface area (Å²) < 4.78 is 4.88. The van der Waals surface area contributed by atoms with Gasteiger partial charge >= 0.3 is 5.97 Å². The van der Waals surface area contributed by atoms with E-state index in [1.54, 1.807) is 0 Å². The smallest absolute Gasteiger partial charge is 0.338 e. The summed E-state index contributed by atoms with van der Waals surface area (Å²) in [5, 5.41) is 10.9. The maximum Gasteiger partial charge on any atom is 0.338 e. The predicted octanol–water partition coefficient (Wildman–Crippen LogP) is 2.64.